The second-order valence-corrected chi connectivity index (χ2v) is 4.98. The van der Waals surface area contributed by atoms with Gasteiger partial charge in [0.05, 0.1) is 5.39 Å². The molecule has 8 nitrogen and oxygen atoms in total. The Hall–Kier alpha value is -1.90. The topological polar surface area (TPSA) is 134 Å². The van der Waals surface area contributed by atoms with E-state index in [1.165, 1.54) is 6.07 Å². The Labute approximate surface area is 144 Å². The van der Waals surface area contributed by atoms with Crippen LogP contribution in [-0.4, -0.2) is 33.4 Å². The lowest BCUT2D eigenvalue weighted by atomic mass is 10.1. The molecule has 0 spiro atoms. The maximum atomic E-state index is 12.0. The van der Waals surface area contributed by atoms with Crippen LogP contribution in [0.4, 0.5) is 0 Å². The smallest absolute Gasteiger partial charge is 0.327 e. The highest BCUT2D eigenvalue weighted by molar-refractivity contribution is 5.95. The molecule has 0 aliphatic rings. The van der Waals surface area contributed by atoms with Gasteiger partial charge in [0.2, 0.25) is 0 Å². The maximum absolute atomic E-state index is 12.0. The van der Waals surface area contributed by atoms with Crippen molar-refractivity contribution in [3.63, 3.8) is 0 Å². The molecule has 23 heavy (non-hydrogen) atoms. The maximum Gasteiger partial charge on any atom is 0.327 e. The molecule has 0 fully saturated rings. The third-order valence-corrected chi connectivity index (χ3v) is 3.02. The van der Waals surface area contributed by atoms with Gasteiger partial charge in [-0.3, -0.25) is 19.6 Å². The number of nitrogens with zero attached hydrogens (tertiary/aromatic N) is 1. The van der Waals surface area contributed by atoms with Crippen molar-refractivity contribution in [1.82, 2.24) is 20.3 Å². The predicted molar refractivity (Wildman–Crippen MR) is 92.8 cm³/mol. The number of hydrogen-bond acceptors (Lipinski definition) is 5. The molecule has 0 aliphatic carbocycles. The Kier molecular flexibility index (Phi) is 7.94. The van der Waals surface area contributed by atoms with E-state index in [2.05, 4.69) is 20.3 Å². The number of aromatic nitrogens is 3. The summed E-state index contributed by atoms with van der Waals surface area (Å²) in [5.74, 6) is -0.373. The van der Waals surface area contributed by atoms with Crippen molar-refractivity contribution in [2.75, 3.05) is 6.54 Å². The van der Waals surface area contributed by atoms with Crippen LogP contribution in [0.2, 0.25) is 0 Å². The number of carbonyl (C=O) groups excluding carboxylic acids is 1. The molecule has 1 amide bonds. The minimum Gasteiger partial charge on any atom is -0.351 e. The number of H-pyrrole nitrogens is 2. The first-order valence-electron chi connectivity index (χ1n) is 6.56. The molecule has 0 aliphatic heterocycles. The molecule has 128 valence electrons. The van der Waals surface area contributed by atoms with E-state index in [1.54, 1.807) is 6.92 Å². The van der Waals surface area contributed by atoms with Crippen molar-refractivity contribution in [1.29, 1.82) is 0 Å². The normalized spacial score (nSPS) is 11.3. The van der Waals surface area contributed by atoms with Crippen molar-refractivity contribution >= 4 is 41.8 Å². The van der Waals surface area contributed by atoms with Gasteiger partial charge in [0.25, 0.3) is 11.5 Å². The molecule has 2 aromatic heterocycles. The molecule has 2 heterocycles. The lowest BCUT2D eigenvalue weighted by Gasteiger charge is -2.08. The van der Waals surface area contributed by atoms with E-state index in [9.17, 15) is 14.4 Å². The number of rotatable bonds is 4. The third kappa shape index (κ3) is 5.05. The number of nitrogens with two attached hydrogens (primary N) is 1. The molecule has 5 N–H and O–H groups in total. The highest BCUT2D eigenvalue weighted by Gasteiger charge is 2.13. The highest BCUT2D eigenvalue weighted by Crippen LogP contribution is 2.10. The molecule has 0 saturated carbocycles. The van der Waals surface area contributed by atoms with E-state index in [-0.39, 0.29) is 53.5 Å². The number of amides is 1. The first-order valence-corrected chi connectivity index (χ1v) is 6.56. The zero-order valence-electron chi connectivity index (χ0n) is 12.6. The van der Waals surface area contributed by atoms with Gasteiger partial charge in [-0.15, -0.1) is 24.8 Å². The zero-order chi connectivity index (χ0) is 15.6. The number of hydrogen-bond donors (Lipinski definition) is 4. The molecule has 10 heteroatoms. The van der Waals surface area contributed by atoms with Gasteiger partial charge < -0.3 is 11.1 Å². The van der Waals surface area contributed by atoms with Gasteiger partial charge in [-0.25, -0.2) is 9.78 Å². The summed E-state index contributed by atoms with van der Waals surface area (Å²) in [5.41, 5.74) is 5.23. The molecule has 1 unspecified atom stereocenters. The van der Waals surface area contributed by atoms with Crippen molar-refractivity contribution in [3.05, 3.63) is 38.2 Å². The molecule has 0 radical (unpaired) electrons. The van der Waals surface area contributed by atoms with Crippen molar-refractivity contribution in [2.24, 2.45) is 5.73 Å². The summed E-state index contributed by atoms with van der Waals surface area (Å²) < 4.78 is 0. The fourth-order valence-corrected chi connectivity index (χ4v) is 1.97. The lowest BCUT2D eigenvalue weighted by Crippen LogP contribution is -2.30. The van der Waals surface area contributed by atoms with E-state index < -0.39 is 11.2 Å². The number of carbonyl (C=O) groups is 1. The van der Waals surface area contributed by atoms with Crippen LogP contribution in [0.3, 0.4) is 0 Å². The lowest BCUT2D eigenvalue weighted by molar-refractivity contribution is 0.0948. The summed E-state index contributed by atoms with van der Waals surface area (Å²) in [7, 11) is 0. The predicted octanol–water partition coefficient (Wildman–Crippen LogP) is 0.231. The minimum absolute atomic E-state index is 0. The van der Waals surface area contributed by atoms with Crippen LogP contribution in [0.25, 0.3) is 11.0 Å². The van der Waals surface area contributed by atoms with Crippen molar-refractivity contribution < 1.29 is 4.79 Å². The molecule has 0 saturated heterocycles. The first-order chi connectivity index (χ1) is 9.88. The van der Waals surface area contributed by atoms with Gasteiger partial charge in [0.15, 0.2) is 0 Å². The largest absolute Gasteiger partial charge is 0.351 e. The van der Waals surface area contributed by atoms with Crippen LogP contribution in [0.5, 0.6) is 0 Å². The van der Waals surface area contributed by atoms with Crippen molar-refractivity contribution in [2.45, 2.75) is 26.3 Å². The van der Waals surface area contributed by atoms with Crippen LogP contribution in [0.15, 0.2) is 15.7 Å². The molecule has 0 bridgehead atoms. The first kappa shape index (κ1) is 21.1. The molecule has 2 rings (SSSR count). The number of fused-ring (bicyclic) bond motifs is 1. The van der Waals surface area contributed by atoms with E-state index in [4.69, 9.17) is 5.73 Å². The van der Waals surface area contributed by atoms with E-state index in [1.807, 2.05) is 6.92 Å². The van der Waals surface area contributed by atoms with E-state index >= 15 is 0 Å². The number of pyridine rings is 1. The van der Waals surface area contributed by atoms with Crippen LogP contribution in [-0.2, 0) is 0 Å². The fraction of sp³-hybridized carbons (Fsp3) is 0.385. The number of nitrogens with one attached hydrogen (secondary N) is 3. The Balaban J connectivity index is 0.00000242. The van der Waals surface area contributed by atoms with Crippen molar-refractivity contribution in [3.8, 4) is 0 Å². The second kappa shape index (κ2) is 8.66. The monoisotopic (exact) mass is 363 g/mol. The molecular formula is C13H19Cl2N5O3. The van der Waals surface area contributed by atoms with Crippen LogP contribution < -0.4 is 22.3 Å². The van der Waals surface area contributed by atoms with Gasteiger partial charge in [-0.1, -0.05) is 0 Å². The Morgan fingerprint density at radius 2 is 2.00 bits per heavy atom. The van der Waals surface area contributed by atoms with E-state index in [0.29, 0.717) is 18.5 Å². The molecule has 1 atom stereocenters. The average Bonchev–Trinajstić information content (AvgIpc) is 2.36. The molecule has 0 aromatic carbocycles. The minimum atomic E-state index is -0.658. The summed E-state index contributed by atoms with van der Waals surface area (Å²) in [6.07, 6.45) is 0.648. The highest BCUT2D eigenvalue weighted by atomic mass is 35.5. The Morgan fingerprint density at radius 3 is 2.61 bits per heavy atom. The summed E-state index contributed by atoms with van der Waals surface area (Å²) in [4.78, 5) is 43.6. The Bertz CT molecular complexity index is 800. The molecular weight excluding hydrogens is 345 g/mol. The average molecular weight is 364 g/mol. The van der Waals surface area contributed by atoms with E-state index in [0.717, 1.165) is 0 Å². The van der Waals surface area contributed by atoms with Gasteiger partial charge in [-0.2, -0.15) is 0 Å². The number of aryl methyl sites for hydroxylation is 1. The van der Waals surface area contributed by atoms with Gasteiger partial charge in [-0.05, 0) is 31.9 Å². The van der Waals surface area contributed by atoms with Crippen LogP contribution in [0.1, 0.15) is 29.4 Å². The summed E-state index contributed by atoms with van der Waals surface area (Å²) in [5, 5.41) is 2.96. The second-order valence-electron chi connectivity index (χ2n) is 4.98. The van der Waals surface area contributed by atoms with Gasteiger partial charge in [0.1, 0.15) is 11.3 Å². The quantitative estimate of drug-likeness (QED) is 0.616. The summed E-state index contributed by atoms with van der Waals surface area (Å²) >= 11 is 0. The Morgan fingerprint density at radius 1 is 1.35 bits per heavy atom. The van der Waals surface area contributed by atoms with Gasteiger partial charge >= 0.3 is 5.69 Å². The number of halogens is 2. The third-order valence-electron chi connectivity index (χ3n) is 3.02. The standard InChI is InChI=1S/C13H17N5O3.2ClH/c1-6-5-8(11(19)15-4-3-7(2)14)16-10-9(6)12(20)18-13(21)17-10;;/h5,7H,3-4,14H2,1-2H3,(H,15,19)(H2,16,17,18,20,21);2*1H. The fourth-order valence-electron chi connectivity index (χ4n) is 1.97. The molecule has 2 aromatic rings. The zero-order valence-corrected chi connectivity index (χ0v) is 14.3. The summed E-state index contributed by atoms with van der Waals surface area (Å²) in [6.45, 7) is 3.96. The van der Waals surface area contributed by atoms with Gasteiger partial charge in [0, 0.05) is 12.6 Å². The number of aromatic amines is 2. The summed E-state index contributed by atoms with van der Waals surface area (Å²) in [6, 6.07) is 1.50. The SMILES string of the molecule is Cc1cc(C(=O)NCCC(C)N)nc2[nH]c(=O)[nH]c(=O)c12.Cl.Cl. The van der Waals surface area contributed by atoms with Crippen LogP contribution >= 0.6 is 24.8 Å². The van der Waals surface area contributed by atoms with Crippen LogP contribution in [0, 0.1) is 6.92 Å².